The first-order chi connectivity index (χ1) is 7.32. The molecular weight excluding hydrogens is 245 g/mol. The largest absolute Gasteiger partial charge is 0.294 e. The molecule has 0 fully saturated rings. The number of hydrogen-bond acceptors (Lipinski definition) is 2. The number of halogens is 3. The zero-order valence-electron chi connectivity index (χ0n) is 7.98. The molecule has 0 saturated carbocycles. The maximum atomic E-state index is 12.8. The Hall–Kier alpha value is -1.08. The molecule has 0 bridgehead atoms. The summed E-state index contributed by atoms with van der Waals surface area (Å²) in [6.45, 7) is 0. The number of benzene rings is 1. The van der Waals surface area contributed by atoms with Crippen LogP contribution in [0.1, 0.15) is 5.56 Å². The smallest absolute Gasteiger partial charge is 0.282 e. The van der Waals surface area contributed by atoms with Gasteiger partial charge in [-0.15, -0.1) is 0 Å². The van der Waals surface area contributed by atoms with E-state index in [0.717, 1.165) is 6.07 Å². The highest BCUT2D eigenvalue weighted by Crippen LogP contribution is 2.20. The van der Waals surface area contributed by atoms with Gasteiger partial charge in [0.2, 0.25) is 0 Å². The lowest BCUT2D eigenvalue weighted by Crippen LogP contribution is -2.17. The van der Waals surface area contributed by atoms with Crippen LogP contribution in [0.5, 0.6) is 0 Å². The molecule has 1 atom stereocenters. The maximum absolute atomic E-state index is 12.8. The zero-order valence-corrected chi connectivity index (χ0v) is 8.79. The Morgan fingerprint density at radius 3 is 2.25 bits per heavy atom. The first-order valence-electron chi connectivity index (χ1n) is 4.30. The topological polar surface area (TPSA) is 54.4 Å². The third kappa shape index (κ3) is 3.21. The zero-order chi connectivity index (χ0) is 12.3. The molecule has 1 aromatic rings. The fourth-order valence-electron chi connectivity index (χ4n) is 1.22. The number of rotatable bonds is 4. The van der Waals surface area contributed by atoms with Crippen molar-refractivity contribution < 1.29 is 26.1 Å². The molecule has 90 valence electrons. The highest BCUT2D eigenvalue weighted by Gasteiger charge is 2.23. The predicted molar refractivity (Wildman–Crippen MR) is 50.9 cm³/mol. The molecule has 3 nitrogen and oxygen atoms in total. The molecular formula is C9H9F3O3S. The molecule has 1 rings (SSSR count). The molecule has 0 aliphatic rings. The molecule has 1 unspecified atom stereocenters. The van der Waals surface area contributed by atoms with Crippen molar-refractivity contribution in [2.45, 2.75) is 23.9 Å². The van der Waals surface area contributed by atoms with E-state index in [-0.39, 0.29) is 5.56 Å². The predicted octanol–water partition coefficient (Wildman–Crippen LogP) is 2.08. The Morgan fingerprint density at radius 1 is 1.19 bits per heavy atom. The van der Waals surface area contributed by atoms with E-state index in [4.69, 9.17) is 4.55 Å². The van der Waals surface area contributed by atoms with Gasteiger partial charge in [-0.2, -0.15) is 8.42 Å². The summed E-state index contributed by atoms with van der Waals surface area (Å²) in [7, 11) is -4.52. The normalized spacial score (nSPS) is 14.1. The van der Waals surface area contributed by atoms with Crippen LogP contribution in [-0.4, -0.2) is 25.6 Å². The minimum absolute atomic E-state index is 0.169. The van der Waals surface area contributed by atoms with Crippen LogP contribution in [0.2, 0.25) is 0 Å². The summed E-state index contributed by atoms with van der Waals surface area (Å²) < 4.78 is 67.1. The second-order valence-corrected chi connectivity index (χ2v) is 4.53. The third-order valence-electron chi connectivity index (χ3n) is 1.94. The van der Waals surface area contributed by atoms with Gasteiger partial charge < -0.3 is 0 Å². The SMILES string of the molecule is O=S(=O)(O)c1ccccc1CC(F)C(F)F. The average Bonchev–Trinajstić information content (AvgIpc) is 2.16. The summed E-state index contributed by atoms with van der Waals surface area (Å²) in [5, 5.41) is 0. The summed E-state index contributed by atoms with van der Waals surface area (Å²) >= 11 is 0. The molecule has 0 saturated heterocycles. The Kier molecular flexibility index (Phi) is 3.93. The van der Waals surface area contributed by atoms with Crippen LogP contribution < -0.4 is 0 Å². The van der Waals surface area contributed by atoms with Crippen LogP contribution in [0, 0.1) is 0 Å². The summed E-state index contributed by atoms with van der Waals surface area (Å²) in [6, 6.07) is 4.89. The van der Waals surface area contributed by atoms with Gasteiger partial charge in [-0.05, 0) is 11.6 Å². The standard InChI is InChI=1S/C9H9F3O3S/c10-7(9(11)12)5-6-3-1-2-4-8(6)16(13,14)15/h1-4,7,9H,5H2,(H,13,14,15). The Bertz CT molecular complexity index is 459. The molecule has 1 N–H and O–H groups in total. The van der Waals surface area contributed by atoms with Crippen molar-refractivity contribution in [3.8, 4) is 0 Å². The summed E-state index contributed by atoms with van der Waals surface area (Å²) in [5.74, 6) is 0. The second-order valence-electron chi connectivity index (χ2n) is 3.14. The highest BCUT2D eigenvalue weighted by molar-refractivity contribution is 7.85. The van der Waals surface area contributed by atoms with Crippen LogP contribution in [0.4, 0.5) is 13.2 Å². The summed E-state index contributed by atoms with van der Waals surface area (Å²) in [6.07, 6.45) is -6.40. The average molecular weight is 254 g/mol. The van der Waals surface area contributed by atoms with E-state index in [1.807, 2.05) is 0 Å². The van der Waals surface area contributed by atoms with Gasteiger partial charge in [0, 0.05) is 6.42 Å². The molecule has 0 heterocycles. The quantitative estimate of drug-likeness (QED) is 0.837. The van der Waals surface area contributed by atoms with Gasteiger partial charge in [-0.25, -0.2) is 13.2 Å². The van der Waals surface area contributed by atoms with Crippen LogP contribution in [0.3, 0.4) is 0 Å². The molecule has 1 aromatic carbocycles. The van der Waals surface area contributed by atoms with Crippen molar-refractivity contribution in [1.82, 2.24) is 0 Å². The Balaban J connectivity index is 3.06. The maximum Gasteiger partial charge on any atom is 0.294 e. The lowest BCUT2D eigenvalue weighted by atomic mass is 10.1. The molecule has 16 heavy (non-hydrogen) atoms. The second kappa shape index (κ2) is 4.84. The van der Waals surface area contributed by atoms with Crippen molar-refractivity contribution in [3.63, 3.8) is 0 Å². The fourth-order valence-corrected chi connectivity index (χ4v) is 1.96. The van der Waals surface area contributed by atoms with Crippen molar-refractivity contribution in [1.29, 1.82) is 0 Å². The Morgan fingerprint density at radius 2 is 1.75 bits per heavy atom. The van der Waals surface area contributed by atoms with Gasteiger partial charge in [0.1, 0.15) is 0 Å². The van der Waals surface area contributed by atoms with Crippen molar-refractivity contribution in [3.05, 3.63) is 29.8 Å². The summed E-state index contributed by atoms with van der Waals surface area (Å²) in [4.78, 5) is -0.543. The molecule has 7 heteroatoms. The van der Waals surface area contributed by atoms with E-state index in [1.54, 1.807) is 0 Å². The highest BCUT2D eigenvalue weighted by atomic mass is 32.2. The van der Waals surface area contributed by atoms with E-state index in [1.165, 1.54) is 18.2 Å². The van der Waals surface area contributed by atoms with Crippen molar-refractivity contribution >= 4 is 10.1 Å². The van der Waals surface area contributed by atoms with E-state index >= 15 is 0 Å². The van der Waals surface area contributed by atoms with Gasteiger partial charge in [0.25, 0.3) is 16.5 Å². The molecule has 0 aromatic heterocycles. The van der Waals surface area contributed by atoms with Crippen molar-refractivity contribution in [2.75, 3.05) is 0 Å². The number of hydrogen-bond donors (Lipinski definition) is 1. The van der Waals surface area contributed by atoms with Gasteiger partial charge >= 0.3 is 0 Å². The van der Waals surface area contributed by atoms with Gasteiger partial charge in [-0.1, -0.05) is 18.2 Å². The minimum atomic E-state index is -4.52. The lowest BCUT2D eigenvalue weighted by Gasteiger charge is -2.09. The minimum Gasteiger partial charge on any atom is -0.282 e. The molecule has 0 aliphatic carbocycles. The fraction of sp³-hybridized carbons (Fsp3) is 0.333. The van der Waals surface area contributed by atoms with E-state index in [2.05, 4.69) is 0 Å². The van der Waals surface area contributed by atoms with E-state index in [0.29, 0.717) is 0 Å². The number of alkyl halides is 3. The first kappa shape index (κ1) is 13.0. The lowest BCUT2D eigenvalue weighted by molar-refractivity contribution is 0.0500. The monoisotopic (exact) mass is 254 g/mol. The molecule has 0 aliphatic heterocycles. The molecule has 0 spiro atoms. The van der Waals surface area contributed by atoms with Gasteiger partial charge in [-0.3, -0.25) is 4.55 Å². The third-order valence-corrected chi connectivity index (χ3v) is 2.89. The summed E-state index contributed by atoms with van der Waals surface area (Å²) in [5.41, 5.74) is -0.169. The van der Waals surface area contributed by atoms with E-state index < -0.39 is 34.0 Å². The van der Waals surface area contributed by atoms with Crippen LogP contribution in [0.15, 0.2) is 29.2 Å². The molecule has 0 radical (unpaired) electrons. The van der Waals surface area contributed by atoms with Crippen LogP contribution >= 0.6 is 0 Å². The van der Waals surface area contributed by atoms with Gasteiger partial charge in [0.05, 0.1) is 4.90 Å². The molecule has 0 amide bonds. The van der Waals surface area contributed by atoms with Crippen LogP contribution in [0.25, 0.3) is 0 Å². The Labute approximate surface area is 90.7 Å². The van der Waals surface area contributed by atoms with Crippen molar-refractivity contribution in [2.24, 2.45) is 0 Å². The first-order valence-corrected chi connectivity index (χ1v) is 5.74. The van der Waals surface area contributed by atoms with E-state index in [9.17, 15) is 21.6 Å². The van der Waals surface area contributed by atoms with Crippen LogP contribution in [-0.2, 0) is 16.5 Å². The van der Waals surface area contributed by atoms with Gasteiger partial charge in [0.15, 0.2) is 6.17 Å².